The highest BCUT2D eigenvalue weighted by atomic mass is 32.1. The fourth-order valence-corrected chi connectivity index (χ4v) is 5.20. The van der Waals surface area contributed by atoms with E-state index in [-0.39, 0.29) is 17.9 Å². The number of benzene rings is 2. The Morgan fingerprint density at radius 2 is 1.97 bits per heavy atom. The second kappa shape index (κ2) is 10.4. The monoisotopic (exact) mass is 478 g/mol. The Hall–Kier alpha value is -3.23. The van der Waals surface area contributed by atoms with Crippen molar-refractivity contribution in [3.05, 3.63) is 75.3 Å². The first-order valence-electron chi connectivity index (χ1n) is 11.4. The van der Waals surface area contributed by atoms with Gasteiger partial charge < -0.3 is 15.4 Å². The van der Waals surface area contributed by atoms with Crippen LogP contribution in [-0.2, 0) is 24.3 Å². The lowest BCUT2D eigenvalue weighted by Crippen LogP contribution is -2.30. The molecule has 0 radical (unpaired) electrons. The zero-order valence-corrected chi connectivity index (χ0v) is 20.8. The second-order valence-electron chi connectivity index (χ2n) is 8.61. The van der Waals surface area contributed by atoms with Crippen molar-refractivity contribution in [1.82, 2.24) is 15.2 Å². The van der Waals surface area contributed by atoms with Crippen LogP contribution in [-0.4, -0.2) is 35.4 Å². The highest BCUT2D eigenvalue weighted by Crippen LogP contribution is 2.29. The molecule has 1 aliphatic heterocycles. The molecule has 0 bridgehead atoms. The maximum Gasteiger partial charge on any atom is 0.263 e. The van der Waals surface area contributed by atoms with Crippen LogP contribution in [0.15, 0.2) is 42.5 Å². The molecule has 1 atom stereocenters. The molecule has 1 aromatic heterocycles. The summed E-state index contributed by atoms with van der Waals surface area (Å²) in [5.41, 5.74) is 5.54. The molecule has 2 amide bonds. The van der Waals surface area contributed by atoms with Crippen LogP contribution in [0.25, 0.3) is 0 Å². The molecule has 3 aromatic rings. The van der Waals surface area contributed by atoms with Gasteiger partial charge in [-0.3, -0.25) is 14.5 Å². The highest BCUT2D eigenvalue weighted by molar-refractivity contribution is 7.17. The number of methoxy groups -OCH3 is 1. The molecule has 178 valence electrons. The summed E-state index contributed by atoms with van der Waals surface area (Å²) < 4.78 is 5.51. The van der Waals surface area contributed by atoms with Crippen molar-refractivity contribution in [2.75, 3.05) is 19.0 Å². The normalized spacial score (nSPS) is 14.2. The van der Waals surface area contributed by atoms with Gasteiger partial charge in [-0.1, -0.05) is 47.7 Å². The predicted molar refractivity (Wildman–Crippen MR) is 134 cm³/mol. The molecule has 0 saturated carbocycles. The smallest absolute Gasteiger partial charge is 0.263 e. The number of nitrogens with one attached hydrogen (secondary N) is 2. The van der Waals surface area contributed by atoms with Gasteiger partial charge in [0.1, 0.15) is 10.6 Å². The third kappa shape index (κ3) is 5.46. The van der Waals surface area contributed by atoms with E-state index in [1.807, 2.05) is 13.0 Å². The number of rotatable bonds is 7. The first kappa shape index (κ1) is 23.9. The average molecular weight is 479 g/mol. The fourth-order valence-electron chi connectivity index (χ4n) is 4.29. The van der Waals surface area contributed by atoms with Gasteiger partial charge >= 0.3 is 0 Å². The maximum absolute atomic E-state index is 12.8. The Kier molecular flexibility index (Phi) is 7.29. The number of thiazole rings is 1. The van der Waals surface area contributed by atoms with Gasteiger partial charge in [-0.2, -0.15) is 0 Å². The van der Waals surface area contributed by atoms with E-state index in [2.05, 4.69) is 56.9 Å². The molecule has 0 fully saturated rings. The van der Waals surface area contributed by atoms with Gasteiger partial charge in [-0.15, -0.1) is 0 Å². The Morgan fingerprint density at radius 3 is 2.68 bits per heavy atom. The molecule has 7 nitrogen and oxygen atoms in total. The van der Waals surface area contributed by atoms with Crippen LogP contribution in [0.1, 0.15) is 57.5 Å². The minimum atomic E-state index is -0.206. The van der Waals surface area contributed by atoms with E-state index in [0.29, 0.717) is 15.7 Å². The summed E-state index contributed by atoms with van der Waals surface area (Å²) in [6, 6.07) is 14.5. The Morgan fingerprint density at radius 1 is 1.21 bits per heavy atom. The van der Waals surface area contributed by atoms with Crippen molar-refractivity contribution in [3.63, 3.8) is 0 Å². The summed E-state index contributed by atoms with van der Waals surface area (Å²) in [5.74, 6) is 0.589. The van der Waals surface area contributed by atoms with Gasteiger partial charge in [-0.05, 0) is 48.6 Å². The number of carbonyl (C=O) groups excluding carboxylic acids is 2. The van der Waals surface area contributed by atoms with Crippen LogP contribution in [0.4, 0.5) is 5.13 Å². The number of amides is 2. The third-order valence-electron chi connectivity index (χ3n) is 6.04. The number of anilines is 1. The Bertz CT molecular complexity index is 1190. The molecular formula is C26H30N4O3S. The van der Waals surface area contributed by atoms with Crippen LogP contribution in [0, 0.1) is 6.92 Å². The molecule has 1 aliphatic rings. The van der Waals surface area contributed by atoms with Crippen LogP contribution in [0.3, 0.4) is 0 Å². The molecule has 8 heteroatoms. The quantitative estimate of drug-likeness (QED) is 0.524. The number of carbonyl (C=O) groups is 2. The van der Waals surface area contributed by atoms with Gasteiger partial charge in [0.2, 0.25) is 5.91 Å². The lowest BCUT2D eigenvalue weighted by Gasteiger charge is -2.29. The molecule has 2 heterocycles. The highest BCUT2D eigenvalue weighted by Gasteiger charge is 2.20. The lowest BCUT2D eigenvalue weighted by molar-refractivity contribution is -0.114. The molecule has 0 saturated heterocycles. The number of ether oxygens (including phenoxy) is 1. The number of hydrogen-bond acceptors (Lipinski definition) is 6. The molecule has 2 aromatic carbocycles. The summed E-state index contributed by atoms with van der Waals surface area (Å²) in [7, 11) is 1.73. The van der Waals surface area contributed by atoms with Gasteiger partial charge in [-0.25, -0.2) is 4.98 Å². The van der Waals surface area contributed by atoms with Gasteiger partial charge in [0, 0.05) is 26.6 Å². The molecule has 0 spiro atoms. The number of hydrogen-bond donors (Lipinski definition) is 2. The second-order valence-corrected chi connectivity index (χ2v) is 9.61. The van der Waals surface area contributed by atoms with Crippen LogP contribution in [0.5, 0.6) is 5.75 Å². The summed E-state index contributed by atoms with van der Waals surface area (Å²) in [6.07, 6.45) is 0.987. The number of aromatic nitrogens is 1. The van der Waals surface area contributed by atoms with E-state index in [4.69, 9.17) is 4.74 Å². The van der Waals surface area contributed by atoms with Crippen molar-refractivity contribution in [2.24, 2.45) is 0 Å². The van der Waals surface area contributed by atoms with Gasteiger partial charge in [0.25, 0.3) is 5.91 Å². The fraction of sp³-hybridized carbons (Fsp3) is 0.346. The molecular weight excluding hydrogens is 448 g/mol. The molecule has 2 N–H and O–H groups in total. The standard InChI is InChI=1S/C26H30N4O3S/c1-16(27-25(32)24-17(2)28-26(34-24)29-18(3)31)20-10-8-19(9-11-20)14-30-13-12-22-21(15-30)6-5-7-23(22)33-4/h5-11,16H,12-15H2,1-4H3,(H,27,32)(H,28,29,31)/t16-/m0/s1. The SMILES string of the molecule is COc1cccc2c1CCN(Cc1ccc([C@H](C)NC(=O)c3sc(NC(C)=O)nc3C)cc1)C2. The van der Waals surface area contributed by atoms with Gasteiger partial charge in [0.05, 0.1) is 18.8 Å². The Balaban J connectivity index is 1.35. The van der Waals surface area contributed by atoms with Crippen LogP contribution >= 0.6 is 11.3 Å². The maximum atomic E-state index is 12.8. The zero-order chi connectivity index (χ0) is 24.2. The topological polar surface area (TPSA) is 83.6 Å². The van der Waals surface area contributed by atoms with Crippen LogP contribution < -0.4 is 15.4 Å². The lowest BCUT2D eigenvalue weighted by atomic mass is 9.98. The Labute approximate surface area is 204 Å². The summed E-state index contributed by atoms with van der Waals surface area (Å²) in [6.45, 7) is 7.94. The summed E-state index contributed by atoms with van der Waals surface area (Å²) in [4.78, 5) is 31.2. The van der Waals surface area contributed by atoms with E-state index >= 15 is 0 Å². The summed E-state index contributed by atoms with van der Waals surface area (Å²) in [5, 5.41) is 6.11. The number of aryl methyl sites for hydroxylation is 1. The van der Waals surface area contributed by atoms with Crippen molar-refractivity contribution in [2.45, 2.75) is 46.3 Å². The van der Waals surface area contributed by atoms with E-state index < -0.39 is 0 Å². The third-order valence-corrected chi connectivity index (χ3v) is 7.11. The first-order chi connectivity index (χ1) is 16.3. The summed E-state index contributed by atoms with van der Waals surface area (Å²) >= 11 is 1.18. The first-order valence-corrected chi connectivity index (χ1v) is 12.2. The molecule has 0 aliphatic carbocycles. The minimum Gasteiger partial charge on any atom is -0.496 e. The van der Waals surface area contributed by atoms with Crippen molar-refractivity contribution >= 4 is 28.3 Å². The van der Waals surface area contributed by atoms with Crippen LogP contribution in [0.2, 0.25) is 0 Å². The predicted octanol–water partition coefficient (Wildman–Crippen LogP) is 4.47. The van der Waals surface area contributed by atoms with E-state index in [0.717, 1.165) is 37.4 Å². The largest absolute Gasteiger partial charge is 0.496 e. The number of fused-ring (bicyclic) bond motifs is 1. The average Bonchev–Trinajstić information content (AvgIpc) is 3.18. The minimum absolute atomic E-state index is 0.151. The molecule has 34 heavy (non-hydrogen) atoms. The number of nitrogens with zero attached hydrogens (tertiary/aromatic N) is 2. The van der Waals surface area contributed by atoms with E-state index in [1.54, 1.807) is 14.0 Å². The van der Waals surface area contributed by atoms with Gasteiger partial charge in [0.15, 0.2) is 5.13 Å². The van der Waals surface area contributed by atoms with Crippen molar-refractivity contribution < 1.29 is 14.3 Å². The molecule has 4 rings (SSSR count). The van der Waals surface area contributed by atoms with Crippen molar-refractivity contribution in [1.29, 1.82) is 0 Å². The molecule has 0 unspecified atom stereocenters. The van der Waals surface area contributed by atoms with E-state index in [1.165, 1.54) is 35.0 Å². The van der Waals surface area contributed by atoms with E-state index in [9.17, 15) is 9.59 Å². The van der Waals surface area contributed by atoms with Crippen molar-refractivity contribution in [3.8, 4) is 5.75 Å². The zero-order valence-electron chi connectivity index (χ0n) is 20.0.